The van der Waals surface area contributed by atoms with E-state index in [0.29, 0.717) is 17.1 Å². The molecule has 0 aliphatic rings. The van der Waals surface area contributed by atoms with E-state index in [-0.39, 0.29) is 6.54 Å². The Morgan fingerprint density at radius 3 is 2.64 bits per heavy atom. The van der Waals surface area contributed by atoms with E-state index >= 15 is 0 Å². The minimum absolute atomic E-state index is 0.222. The minimum atomic E-state index is -3.67. The third-order valence-corrected chi connectivity index (χ3v) is 4.81. The first kappa shape index (κ1) is 18.7. The molecule has 1 aromatic carbocycles. The fourth-order valence-corrected chi connectivity index (χ4v) is 3.55. The second-order valence-corrected chi connectivity index (χ2v) is 7.33. The van der Waals surface area contributed by atoms with E-state index < -0.39 is 22.0 Å². The molecule has 25 heavy (non-hydrogen) atoms. The van der Waals surface area contributed by atoms with E-state index in [2.05, 4.69) is 10.3 Å². The van der Waals surface area contributed by atoms with Gasteiger partial charge in [0, 0.05) is 12.3 Å². The average molecular weight is 363 g/mol. The van der Waals surface area contributed by atoms with Gasteiger partial charge in [-0.15, -0.1) is 0 Å². The largest absolute Gasteiger partial charge is 0.497 e. The van der Waals surface area contributed by atoms with Crippen LogP contribution in [0.1, 0.15) is 12.6 Å². The number of hydrogen-bond donors (Lipinski definition) is 1. The number of nitrogens with zero attached hydrogens (tertiary/aromatic N) is 2. The Bertz CT molecular complexity index is 825. The number of benzene rings is 1. The lowest BCUT2D eigenvalue weighted by Crippen LogP contribution is -2.47. The van der Waals surface area contributed by atoms with Crippen molar-refractivity contribution < 1.29 is 17.9 Å². The molecule has 1 atom stereocenters. The molecule has 8 heteroatoms. The third kappa shape index (κ3) is 4.93. The van der Waals surface area contributed by atoms with E-state index in [1.54, 1.807) is 42.6 Å². The highest BCUT2D eigenvalue weighted by atomic mass is 32.2. The molecule has 0 saturated carbocycles. The molecule has 0 spiro atoms. The van der Waals surface area contributed by atoms with Gasteiger partial charge in [-0.05, 0) is 31.2 Å². The average Bonchev–Trinajstić information content (AvgIpc) is 2.59. The molecule has 0 unspecified atom stereocenters. The molecule has 0 bridgehead atoms. The molecule has 0 aliphatic heterocycles. The van der Waals surface area contributed by atoms with E-state index in [1.807, 2.05) is 6.07 Å². The van der Waals surface area contributed by atoms with Gasteiger partial charge in [0.1, 0.15) is 11.8 Å². The molecule has 2 aromatic rings. The van der Waals surface area contributed by atoms with Crippen molar-refractivity contribution in [3.8, 4) is 5.75 Å². The van der Waals surface area contributed by atoms with Crippen molar-refractivity contribution in [3.63, 3.8) is 0 Å². The molecule has 1 N–H and O–H groups in total. The van der Waals surface area contributed by atoms with Gasteiger partial charge in [-0.3, -0.25) is 14.1 Å². The standard InChI is InChI=1S/C17H21N3O4S/c1-13(17(21)19-12-14-7-4-5-10-18-14)20(25(3,22)23)15-8-6-9-16(11-15)24-2/h4-11,13H,12H2,1-3H3,(H,19,21)/t13-/m0/s1. The van der Waals surface area contributed by atoms with Crippen molar-refractivity contribution in [1.29, 1.82) is 0 Å². The molecule has 0 saturated heterocycles. The normalized spacial score (nSPS) is 12.3. The van der Waals surface area contributed by atoms with Gasteiger partial charge in [-0.2, -0.15) is 0 Å². The van der Waals surface area contributed by atoms with Gasteiger partial charge in [-0.25, -0.2) is 8.42 Å². The van der Waals surface area contributed by atoms with Gasteiger partial charge in [0.25, 0.3) is 0 Å². The molecular formula is C17H21N3O4S. The van der Waals surface area contributed by atoms with E-state index in [9.17, 15) is 13.2 Å². The Hall–Kier alpha value is -2.61. The molecule has 0 aliphatic carbocycles. The first-order chi connectivity index (χ1) is 11.8. The number of hydrogen-bond acceptors (Lipinski definition) is 5. The first-order valence-corrected chi connectivity index (χ1v) is 9.49. The highest BCUT2D eigenvalue weighted by molar-refractivity contribution is 7.92. The lowest BCUT2D eigenvalue weighted by molar-refractivity contribution is -0.122. The summed E-state index contributed by atoms with van der Waals surface area (Å²) in [6, 6.07) is 11.0. The van der Waals surface area contributed by atoms with Crippen LogP contribution in [0.5, 0.6) is 5.75 Å². The van der Waals surface area contributed by atoms with Gasteiger partial charge in [-0.1, -0.05) is 12.1 Å². The number of sulfonamides is 1. The maximum Gasteiger partial charge on any atom is 0.243 e. The number of amides is 1. The highest BCUT2D eigenvalue weighted by Crippen LogP contribution is 2.25. The third-order valence-electron chi connectivity index (χ3n) is 3.57. The van der Waals surface area contributed by atoms with Crippen LogP contribution in [-0.2, 0) is 21.4 Å². The molecule has 134 valence electrons. The Morgan fingerprint density at radius 2 is 2.04 bits per heavy atom. The summed E-state index contributed by atoms with van der Waals surface area (Å²) < 4.78 is 30.7. The number of ether oxygens (including phenoxy) is 1. The molecule has 2 rings (SSSR count). The van der Waals surface area contributed by atoms with E-state index in [0.717, 1.165) is 10.6 Å². The van der Waals surface area contributed by atoms with Crippen LogP contribution < -0.4 is 14.4 Å². The molecule has 7 nitrogen and oxygen atoms in total. The maximum atomic E-state index is 12.5. The number of nitrogens with one attached hydrogen (secondary N) is 1. The van der Waals surface area contributed by atoms with Crippen LogP contribution in [0.3, 0.4) is 0 Å². The Labute approximate surface area is 147 Å². The van der Waals surface area contributed by atoms with Crippen molar-refractivity contribution in [1.82, 2.24) is 10.3 Å². The summed E-state index contributed by atoms with van der Waals surface area (Å²) in [5.41, 5.74) is 1.05. The predicted molar refractivity (Wildman–Crippen MR) is 95.9 cm³/mol. The monoisotopic (exact) mass is 363 g/mol. The number of rotatable bonds is 7. The molecule has 1 aromatic heterocycles. The van der Waals surface area contributed by atoms with E-state index in [1.165, 1.54) is 14.0 Å². The summed E-state index contributed by atoms with van der Waals surface area (Å²) >= 11 is 0. The number of methoxy groups -OCH3 is 1. The van der Waals surface area contributed by atoms with Crippen LogP contribution in [-0.4, -0.2) is 38.7 Å². The predicted octanol–water partition coefficient (Wildman–Crippen LogP) is 1.56. The van der Waals surface area contributed by atoms with Crippen molar-refractivity contribution >= 4 is 21.6 Å². The first-order valence-electron chi connectivity index (χ1n) is 7.64. The molecular weight excluding hydrogens is 342 g/mol. The quantitative estimate of drug-likeness (QED) is 0.806. The van der Waals surface area contributed by atoms with Crippen molar-refractivity contribution in [2.45, 2.75) is 19.5 Å². The zero-order valence-electron chi connectivity index (χ0n) is 14.3. The van der Waals surface area contributed by atoms with Crippen molar-refractivity contribution in [2.24, 2.45) is 0 Å². The van der Waals surface area contributed by atoms with Crippen LogP contribution in [0.15, 0.2) is 48.7 Å². The molecule has 1 amide bonds. The van der Waals surface area contributed by atoms with Gasteiger partial charge in [0.15, 0.2) is 0 Å². The van der Waals surface area contributed by atoms with Gasteiger partial charge < -0.3 is 10.1 Å². The smallest absolute Gasteiger partial charge is 0.243 e. The second kappa shape index (κ2) is 7.98. The van der Waals surface area contributed by atoms with E-state index in [4.69, 9.17) is 4.74 Å². The minimum Gasteiger partial charge on any atom is -0.497 e. The Balaban J connectivity index is 2.20. The van der Waals surface area contributed by atoms with Gasteiger partial charge in [0.2, 0.25) is 15.9 Å². The van der Waals surface area contributed by atoms with Crippen LogP contribution in [0.4, 0.5) is 5.69 Å². The molecule has 1 heterocycles. The fraction of sp³-hybridized carbons (Fsp3) is 0.294. The number of pyridine rings is 1. The number of carbonyl (C=O) groups is 1. The van der Waals surface area contributed by atoms with Gasteiger partial charge >= 0.3 is 0 Å². The number of anilines is 1. The van der Waals surface area contributed by atoms with Crippen LogP contribution in [0, 0.1) is 0 Å². The summed E-state index contributed by atoms with van der Waals surface area (Å²) in [5, 5.41) is 2.71. The zero-order chi connectivity index (χ0) is 18.4. The lowest BCUT2D eigenvalue weighted by Gasteiger charge is -2.28. The highest BCUT2D eigenvalue weighted by Gasteiger charge is 2.29. The van der Waals surface area contributed by atoms with Crippen LogP contribution in [0.25, 0.3) is 0 Å². The summed E-state index contributed by atoms with van der Waals surface area (Å²) in [7, 11) is -2.18. The number of aromatic nitrogens is 1. The molecule has 0 radical (unpaired) electrons. The SMILES string of the molecule is COc1cccc(N([C@@H](C)C(=O)NCc2ccccn2)S(C)(=O)=O)c1. The second-order valence-electron chi connectivity index (χ2n) is 5.48. The zero-order valence-corrected chi connectivity index (χ0v) is 15.2. The topological polar surface area (TPSA) is 88.6 Å². The van der Waals surface area contributed by atoms with Crippen molar-refractivity contribution in [3.05, 3.63) is 54.4 Å². The summed E-state index contributed by atoms with van der Waals surface area (Å²) in [5.74, 6) is 0.0890. The van der Waals surface area contributed by atoms with Gasteiger partial charge in [0.05, 0.1) is 31.3 Å². The fourth-order valence-electron chi connectivity index (χ4n) is 2.38. The van der Waals surface area contributed by atoms with Crippen LogP contribution in [0.2, 0.25) is 0 Å². The summed E-state index contributed by atoms with van der Waals surface area (Å²) in [6.07, 6.45) is 2.69. The van der Waals surface area contributed by atoms with Crippen LogP contribution >= 0.6 is 0 Å². The maximum absolute atomic E-state index is 12.5. The Kier molecular flexibility index (Phi) is 5.97. The summed E-state index contributed by atoms with van der Waals surface area (Å²) in [4.78, 5) is 16.6. The summed E-state index contributed by atoms with van der Waals surface area (Å²) in [6.45, 7) is 1.76. The Morgan fingerprint density at radius 1 is 1.28 bits per heavy atom. The number of carbonyl (C=O) groups excluding carboxylic acids is 1. The lowest BCUT2D eigenvalue weighted by atomic mass is 10.2. The van der Waals surface area contributed by atoms with Crippen molar-refractivity contribution in [2.75, 3.05) is 17.7 Å². The molecule has 0 fully saturated rings.